The molecule has 2 amide bonds. The van der Waals surface area contributed by atoms with Crippen LogP contribution in [-0.2, 0) is 4.79 Å². The van der Waals surface area contributed by atoms with E-state index < -0.39 is 6.09 Å². The van der Waals surface area contributed by atoms with Gasteiger partial charge in [0.25, 0.3) is 0 Å². The van der Waals surface area contributed by atoms with E-state index in [9.17, 15) is 9.59 Å². The van der Waals surface area contributed by atoms with E-state index in [1.165, 1.54) is 4.90 Å². The summed E-state index contributed by atoms with van der Waals surface area (Å²) in [7, 11) is 0. The van der Waals surface area contributed by atoms with Gasteiger partial charge in [0, 0.05) is 19.0 Å². The SMILES string of the molecule is CC(NC(=O)C1CC12CCN(C(=O)O)CC2)c1ccccc1. The highest BCUT2D eigenvalue weighted by Gasteiger charge is 2.58. The van der Waals surface area contributed by atoms with Gasteiger partial charge in [-0.2, -0.15) is 0 Å². The van der Waals surface area contributed by atoms with Crippen molar-refractivity contribution in [3.05, 3.63) is 35.9 Å². The van der Waals surface area contributed by atoms with E-state index in [1.807, 2.05) is 37.3 Å². The van der Waals surface area contributed by atoms with Gasteiger partial charge in [0.2, 0.25) is 5.91 Å². The van der Waals surface area contributed by atoms with Gasteiger partial charge in [-0.3, -0.25) is 4.79 Å². The fraction of sp³-hybridized carbons (Fsp3) is 0.529. The number of hydrogen-bond donors (Lipinski definition) is 2. The van der Waals surface area contributed by atoms with E-state index in [0.29, 0.717) is 13.1 Å². The van der Waals surface area contributed by atoms with Crippen molar-refractivity contribution in [2.24, 2.45) is 11.3 Å². The van der Waals surface area contributed by atoms with Crippen LogP contribution in [0.2, 0.25) is 0 Å². The Hall–Kier alpha value is -2.04. The van der Waals surface area contributed by atoms with Gasteiger partial charge in [0.05, 0.1) is 6.04 Å². The number of likely N-dealkylation sites (tertiary alicyclic amines) is 1. The van der Waals surface area contributed by atoms with Gasteiger partial charge in [-0.05, 0) is 37.2 Å². The third-order valence-electron chi connectivity index (χ3n) is 5.19. The maximum absolute atomic E-state index is 12.4. The molecule has 5 nitrogen and oxygen atoms in total. The van der Waals surface area contributed by atoms with Crippen LogP contribution in [0, 0.1) is 11.3 Å². The molecule has 1 spiro atoms. The van der Waals surface area contributed by atoms with E-state index in [0.717, 1.165) is 24.8 Å². The summed E-state index contributed by atoms with van der Waals surface area (Å²) in [6, 6.07) is 9.93. The molecule has 1 aliphatic carbocycles. The first kappa shape index (κ1) is 14.9. The molecule has 1 aromatic rings. The first-order valence-corrected chi connectivity index (χ1v) is 7.85. The smallest absolute Gasteiger partial charge is 0.407 e. The summed E-state index contributed by atoms with van der Waals surface area (Å²) in [5.41, 5.74) is 1.15. The lowest BCUT2D eigenvalue weighted by Crippen LogP contribution is -2.40. The summed E-state index contributed by atoms with van der Waals surface area (Å²) in [5, 5.41) is 12.1. The Morgan fingerprint density at radius 2 is 1.91 bits per heavy atom. The molecule has 1 heterocycles. The standard InChI is InChI=1S/C17H22N2O3/c1-12(13-5-3-2-4-6-13)18-15(20)14-11-17(14)7-9-19(10-8-17)16(21)22/h2-6,12,14H,7-11H2,1H3,(H,18,20)(H,21,22). The van der Waals surface area contributed by atoms with Gasteiger partial charge < -0.3 is 15.3 Å². The van der Waals surface area contributed by atoms with Crippen LogP contribution in [0.3, 0.4) is 0 Å². The van der Waals surface area contributed by atoms with Crippen molar-refractivity contribution in [2.45, 2.75) is 32.2 Å². The third kappa shape index (κ3) is 2.80. The Morgan fingerprint density at radius 1 is 1.27 bits per heavy atom. The minimum absolute atomic E-state index is 0.00505. The molecule has 1 saturated heterocycles. The summed E-state index contributed by atoms with van der Waals surface area (Å²) < 4.78 is 0. The first-order valence-electron chi connectivity index (χ1n) is 7.85. The van der Waals surface area contributed by atoms with Gasteiger partial charge >= 0.3 is 6.09 Å². The molecule has 2 fully saturated rings. The van der Waals surface area contributed by atoms with E-state index in [2.05, 4.69) is 5.32 Å². The topological polar surface area (TPSA) is 69.6 Å². The fourth-order valence-corrected chi connectivity index (χ4v) is 3.55. The summed E-state index contributed by atoms with van der Waals surface area (Å²) in [4.78, 5) is 24.8. The van der Waals surface area contributed by atoms with E-state index in [1.54, 1.807) is 0 Å². The Morgan fingerprint density at radius 3 is 2.50 bits per heavy atom. The molecule has 22 heavy (non-hydrogen) atoms. The Labute approximate surface area is 130 Å². The summed E-state index contributed by atoms with van der Waals surface area (Å²) in [6.07, 6.45) is 1.65. The second-order valence-electron chi connectivity index (χ2n) is 6.53. The van der Waals surface area contributed by atoms with Crippen LogP contribution in [0.4, 0.5) is 4.79 Å². The molecule has 3 rings (SSSR count). The fourth-order valence-electron chi connectivity index (χ4n) is 3.55. The molecule has 2 atom stereocenters. The minimum Gasteiger partial charge on any atom is -0.465 e. The molecule has 2 N–H and O–H groups in total. The molecule has 5 heteroatoms. The minimum atomic E-state index is -0.853. The number of nitrogens with zero attached hydrogens (tertiary/aromatic N) is 1. The number of rotatable bonds is 3. The van der Waals surface area contributed by atoms with E-state index in [-0.39, 0.29) is 23.3 Å². The molecule has 1 saturated carbocycles. The zero-order valence-corrected chi connectivity index (χ0v) is 12.8. The van der Waals surface area contributed by atoms with Crippen LogP contribution in [0.5, 0.6) is 0 Å². The van der Waals surface area contributed by atoms with E-state index in [4.69, 9.17) is 5.11 Å². The van der Waals surface area contributed by atoms with Crippen LogP contribution < -0.4 is 5.32 Å². The Kier molecular flexibility index (Phi) is 3.81. The largest absolute Gasteiger partial charge is 0.465 e. The van der Waals surface area contributed by atoms with Crippen molar-refractivity contribution in [2.75, 3.05) is 13.1 Å². The van der Waals surface area contributed by atoms with Crippen molar-refractivity contribution in [3.8, 4) is 0 Å². The number of benzene rings is 1. The average molecular weight is 302 g/mol. The second-order valence-corrected chi connectivity index (χ2v) is 6.53. The van der Waals surface area contributed by atoms with Crippen molar-refractivity contribution in [3.63, 3.8) is 0 Å². The van der Waals surface area contributed by atoms with Crippen molar-refractivity contribution < 1.29 is 14.7 Å². The third-order valence-corrected chi connectivity index (χ3v) is 5.19. The monoisotopic (exact) mass is 302 g/mol. The maximum atomic E-state index is 12.4. The second kappa shape index (κ2) is 5.63. The number of hydrogen-bond acceptors (Lipinski definition) is 2. The van der Waals surface area contributed by atoms with Crippen LogP contribution in [0.25, 0.3) is 0 Å². The van der Waals surface area contributed by atoms with Crippen molar-refractivity contribution >= 4 is 12.0 Å². The number of piperidine rings is 1. The molecular weight excluding hydrogens is 280 g/mol. The zero-order valence-electron chi connectivity index (χ0n) is 12.8. The summed E-state index contributed by atoms with van der Waals surface area (Å²) >= 11 is 0. The molecule has 2 aliphatic rings. The molecule has 0 bridgehead atoms. The lowest BCUT2D eigenvalue weighted by atomic mass is 9.90. The van der Waals surface area contributed by atoms with Gasteiger partial charge in [0.1, 0.15) is 0 Å². The van der Waals surface area contributed by atoms with Crippen LogP contribution in [0.1, 0.15) is 37.8 Å². The molecule has 1 aromatic carbocycles. The van der Waals surface area contributed by atoms with Gasteiger partial charge in [-0.15, -0.1) is 0 Å². The highest BCUT2D eigenvalue weighted by Crippen LogP contribution is 2.59. The first-order chi connectivity index (χ1) is 10.5. The lowest BCUT2D eigenvalue weighted by Gasteiger charge is -2.30. The maximum Gasteiger partial charge on any atom is 0.407 e. The van der Waals surface area contributed by atoms with Crippen LogP contribution in [0.15, 0.2) is 30.3 Å². The van der Waals surface area contributed by atoms with Crippen LogP contribution in [-0.4, -0.2) is 35.1 Å². The predicted octanol–water partition coefficient (Wildman–Crippen LogP) is 2.64. The number of carbonyl (C=O) groups excluding carboxylic acids is 1. The number of amides is 2. The predicted molar refractivity (Wildman–Crippen MR) is 82.4 cm³/mol. The Bertz CT molecular complexity index is 565. The quantitative estimate of drug-likeness (QED) is 0.902. The normalized spacial score (nSPS) is 23.9. The van der Waals surface area contributed by atoms with Gasteiger partial charge in [0.15, 0.2) is 0 Å². The molecular formula is C17H22N2O3. The van der Waals surface area contributed by atoms with Crippen molar-refractivity contribution in [1.82, 2.24) is 10.2 Å². The van der Waals surface area contributed by atoms with Gasteiger partial charge in [-0.25, -0.2) is 4.79 Å². The molecule has 0 aromatic heterocycles. The van der Waals surface area contributed by atoms with Crippen molar-refractivity contribution in [1.29, 1.82) is 0 Å². The zero-order chi connectivity index (χ0) is 15.7. The average Bonchev–Trinajstić information content (AvgIpc) is 3.22. The molecule has 118 valence electrons. The molecule has 2 unspecified atom stereocenters. The lowest BCUT2D eigenvalue weighted by molar-refractivity contribution is -0.124. The van der Waals surface area contributed by atoms with Gasteiger partial charge in [-0.1, -0.05) is 30.3 Å². The molecule has 0 radical (unpaired) electrons. The van der Waals surface area contributed by atoms with E-state index >= 15 is 0 Å². The summed E-state index contributed by atoms with van der Waals surface area (Å²) in [6.45, 7) is 3.09. The number of nitrogens with one attached hydrogen (secondary N) is 1. The number of carboxylic acid groups (broad SMARTS) is 1. The Balaban J connectivity index is 1.54. The molecule has 1 aliphatic heterocycles. The number of carbonyl (C=O) groups is 2. The van der Waals surface area contributed by atoms with Crippen LogP contribution >= 0.6 is 0 Å². The summed E-state index contributed by atoms with van der Waals surface area (Å²) in [5.74, 6) is 0.162. The highest BCUT2D eigenvalue weighted by atomic mass is 16.4. The highest BCUT2D eigenvalue weighted by molar-refractivity contribution is 5.83.